The lowest BCUT2D eigenvalue weighted by atomic mass is 10.1. The number of hydrogen-bond donors (Lipinski definition) is 1. The van der Waals surface area contributed by atoms with Crippen LogP contribution in [0.1, 0.15) is 36.9 Å². The molecule has 1 aromatic carbocycles. The monoisotopic (exact) mass is 253 g/mol. The summed E-state index contributed by atoms with van der Waals surface area (Å²) < 4.78 is 24.8. The van der Waals surface area contributed by atoms with E-state index in [1.807, 2.05) is 6.92 Å². The van der Waals surface area contributed by atoms with Gasteiger partial charge in [0.1, 0.15) is 18.2 Å². The molecule has 3 nitrogen and oxygen atoms in total. The van der Waals surface area contributed by atoms with Crippen molar-refractivity contribution in [2.24, 2.45) is 5.73 Å². The molecule has 4 heteroatoms. The van der Waals surface area contributed by atoms with Gasteiger partial charge in [0, 0.05) is 18.2 Å². The molecule has 1 unspecified atom stereocenters. The van der Waals surface area contributed by atoms with Gasteiger partial charge in [0.25, 0.3) is 0 Å². The first-order valence-electron chi connectivity index (χ1n) is 6.38. The Morgan fingerprint density at radius 3 is 2.94 bits per heavy atom. The van der Waals surface area contributed by atoms with Crippen LogP contribution in [0.15, 0.2) is 12.1 Å². The molecule has 1 aliphatic heterocycles. The zero-order valence-corrected chi connectivity index (χ0v) is 10.9. The predicted octanol–water partition coefficient (Wildman–Crippen LogP) is 2.71. The van der Waals surface area contributed by atoms with Gasteiger partial charge < -0.3 is 15.2 Å². The van der Waals surface area contributed by atoms with E-state index in [1.54, 1.807) is 13.0 Å². The zero-order chi connectivity index (χ0) is 13.1. The molecule has 1 fully saturated rings. The van der Waals surface area contributed by atoms with Crippen molar-refractivity contribution in [3.05, 3.63) is 29.1 Å². The highest BCUT2D eigenvalue weighted by Crippen LogP contribution is 2.28. The van der Waals surface area contributed by atoms with Crippen LogP contribution in [0.5, 0.6) is 5.75 Å². The van der Waals surface area contributed by atoms with Gasteiger partial charge in [-0.15, -0.1) is 0 Å². The van der Waals surface area contributed by atoms with Gasteiger partial charge in [-0.2, -0.15) is 0 Å². The summed E-state index contributed by atoms with van der Waals surface area (Å²) >= 11 is 0. The third kappa shape index (κ3) is 3.00. The number of aryl methyl sites for hydroxylation is 1. The second-order valence-corrected chi connectivity index (χ2v) is 4.87. The average Bonchev–Trinajstić information content (AvgIpc) is 2.83. The van der Waals surface area contributed by atoms with Crippen LogP contribution in [0.3, 0.4) is 0 Å². The van der Waals surface area contributed by atoms with Crippen molar-refractivity contribution in [2.75, 3.05) is 13.2 Å². The second-order valence-electron chi connectivity index (χ2n) is 4.87. The largest absolute Gasteiger partial charge is 0.491 e. The Hall–Kier alpha value is -1.13. The van der Waals surface area contributed by atoms with Gasteiger partial charge in [-0.1, -0.05) is 0 Å². The average molecular weight is 253 g/mol. The van der Waals surface area contributed by atoms with E-state index in [1.165, 1.54) is 6.07 Å². The first kappa shape index (κ1) is 13.3. The topological polar surface area (TPSA) is 44.5 Å². The molecule has 0 saturated carbocycles. The molecular weight excluding hydrogens is 233 g/mol. The highest BCUT2D eigenvalue weighted by Gasteiger charge is 2.18. The summed E-state index contributed by atoms with van der Waals surface area (Å²) in [5, 5.41) is 0. The van der Waals surface area contributed by atoms with Crippen molar-refractivity contribution in [1.29, 1.82) is 0 Å². The fourth-order valence-electron chi connectivity index (χ4n) is 2.11. The summed E-state index contributed by atoms with van der Waals surface area (Å²) in [5.41, 5.74) is 7.12. The third-order valence-electron chi connectivity index (χ3n) is 3.23. The standard InChI is InChI=1S/C14H20FNO2/c1-9-6-14(12(10(2)16)7-13(9)15)18-8-11-4-3-5-17-11/h6-7,10-11H,3-5,8,16H2,1-2H3/t10-,11?/m0/s1. The number of benzene rings is 1. The maximum atomic E-state index is 13.5. The van der Waals surface area contributed by atoms with Crippen LogP contribution in [0.4, 0.5) is 4.39 Å². The van der Waals surface area contributed by atoms with Crippen LogP contribution in [0.2, 0.25) is 0 Å². The lowest BCUT2D eigenvalue weighted by Gasteiger charge is -2.17. The number of ether oxygens (including phenoxy) is 2. The van der Waals surface area contributed by atoms with Crippen molar-refractivity contribution in [2.45, 2.75) is 38.8 Å². The smallest absolute Gasteiger partial charge is 0.126 e. The highest BCUT2D eigenvalue weighted by atomic mass is 19.1. The van der Waals surface area contributed by atoms with E-state index in [-0.39, 0.29) is 18.0 Å². The first-order valence-corrected chi connectivity index (χ1v) is 6.38. The minimum Gasteiger partial charge on any atom is -0.491 e. The summed E-state index contributed by atoms with van der Waals surface area (Å²) in [6.07, 6.45) is 2.25. The number of rotatable bonds is 4. The van der Waals surface area contributed by atoms with Crippen LogP contribution < -0.4 is 10.5 Å². The van der Waals surface area contributed by atoms with Crippen LogP contribution in [-0.4, -0.2) is 19.3 Å². The van der Waals surface area contributed by atoms with Gasteiger partial charge in [-0.25, -0.2) is 4.39 Å². The Labute approximate surface area is 107 Å². The Bertz CT molecular complexity index is 415. The van der Waals surface area contributed by atoms with E-state index in [0.717, 1.165) is 19.4 Å². The fraction of sp³-hybridized carbons (Fsp3) is 0.571. The van der Waals surface area contributed by atoms with Gasteiger partial charge in [-0.3, -0.25) is 0 Å². The molecule has 0 bridgehead atoms. The molecule has 18 heavy (non-hydrogen) atoms. The maximum absolute atomic E-state index is 13.5. The summed E-state index contributed by atoms with van der Waals surface area (Å²) in [5.74, 6) is 0.422. The maximum Gasteiger partial charge on any atom is 0.126 e. The Morgan fingerprint density at radius 1 is 1.56 bits per heavy atom. The Kier molecular flexibility index (Phi) is 4.19. The molecule has 2 atom stereocenters. The predicted molar refractivity (Wildman–Crippen MR) is 68.2 cm³/mol. The van der Waals surface area contributed by atoms with Crippen molar-refractivity contribution < 1.29 is 13.9 Å². The quantitative estimate of drug-likeness (QED) is 0.897. The molecule has 1 saturated heterocycles. The second kappa shape index (κ2) is 5.67. The van der Waals surface area contributed by atoms with Crippen LogP contribution in [0.25, 0.3) is 0 Å². The number of hydrogen-bond acceptors (Lipinski definition) is 3. The lowest BCUT2D eigenvalue weighted by molar-refractivity contribution is 0.0674. The van der Waals surface area contributed by atoms with E-state index in [2.05, 4.69) is 0 Å². The molecule has 0 aromatic heterocycles. The molecule has 2 rings (SSSR count). The first-order chi connectivity index (χ1) is 8.58. The zero-order valence-electron chi connectivity index (χ0n) is 10.9. The summed E-state index contributed by atoms with van der Waals surface area (Å²) in [4.78, 5) is 0. The van der Waals surface area contributed by atoms with E-state index in [4.69, 9.17) is 15.2 Å². The molecule has 0 amide bonds. The molecule has 0 aliphatic carbocycles. The molecule has 1 aliphatic rings. The molecule has 2 N–H and O–H groups in total. The molecule has 1 aromatic rings. The van der Waals surface area contributed by atoms with E-state index < -0.39 is 0 Å². The lowest BCUT2D eigenvalue weighted by Crippen LogP contribution is -2.18. The van der Waals surface area contributed by atoms with Crippen molar-refractivity contribution >= 4 is 0 Å². The van der Waals surface area contributed by atoms with E-state index in [0.29, 0.717) is 23.5 Å². The van der Waals surface area contributed by atoms with Gasteiger partial charge in [0.05, 0.1) is 6.10 Å². The third-order valence-corrected chi connectivity index (χ3v) is 3.23. The Balaban J connectivity index is 2.12. The van der Waals surface area contributed by atoms with Crippen LogP contribution in [-0.2, 0) is 4.74 Å². The molecule has 1 heterocycles. The summed E-state index contributed by atoms with van der Waals surface area (Å²) in [6, 6.07) is 2.92. The van der Waals surface area contributed by atoms with Crippen molar-refractivity contribution in [1.82, 2.24) is 0 Å². The van der Waals surface area contributed by atoms with E-state index >= 15 is 0 Å². The minimum absolute atomic E-state index is 0.149. The molecule has 0 radical (unpaired) electrons. The Morgan fingerprint density at radius 2 is 2.33 bits per heavy atom. The van der Waals surface area contributed by atoms with Gasteiger partial charge in [0.2, 0.25) is 0 Å². The van der Waals surface area contributed by atoms with Gasteiger partial charge >= 0.3 is 0 Å². The van der Waals surface area contributed by atoms with Gasteiger partial charge in [0.15, 0.2) is 0 Å². The highest BCUT2D eigenvalue weighted by molar-refractivity contribution is 5.39. The van der Waals surface area contributed by atoms with Gasteiger partial charge in [-0.05, 0) is 44.4 Å². The van der Waals surface area contributed by atoms with E-state index in [9.17, 15) is 4.39 Å². The van der Waals surface area contributed by atoms with Crippen LogP contribution in [0, 0.1) is 12.7 Å². The SMILES string of the molecule is Cc1cc(OCC2CCCO2)c([C@H](C)N)cc1F. The number of halogens is 1. The number of nitrogens with two attached hydrogens (primary N) is 1. The van der Waals surface area contributed by atoms with Crippen molar-refractivity contribution in [3.8, 4) is 5.75 Å². The summed E-state index contributed by atoms with van der Waals surface area (Å²) in [7, 11) is 0. The minimum atomic E-state index is -0.250. The summed E-state index contributed by atoms with van der Waals surface area (Å²) in [6.45, 7) is 4.85. The molecule has 100 valence electrons. The molecular formula is C14H20FNO2. The fourth-order valence-corrected chi connectivity index (χ4v) is 2.11. The van der Waals surface area contributed by atoms with Crippen LogP contribution >= 0.6 is 0 Å². The van der Waals surface area contributed by atoms with Crippen molar-refractivity contribution in [3.63, 3.8) is 0 Å². The molecule has 0 spiro atoms. The normalized spacial score (nSPS) is 21.0.